The minimum Gasteiger partial charge on any atom is -0.338 e. The second kappa shape index (κ2) is 3.95. The number of para-hydroxylation sites is 1. The number of hydrogen-bond donors (Lipinski definition) is 2. The summed E-state index contributed by atoms with van der Waals surface area (Å²) in [5.41, 5.74) is 9.54. The molecule has 0 fully saturated rings. The molecule has 0 unspecified atom stereocenters. The van der Waals surface area contributed by atoms with Gasteiger partial charge in [-0.1, -0.05) is 12.1 Å². The first-order valence-corrected chi connectivity index (χ1v) is 5.33. The highest BCUT2D eigenvalue weighted by molar-refractivity contribution is 5.82. The molecule has 3 rings (SSSR count). The summed E-state index contributed by atoms with van der Waals surface area (Å²) in [6, 6.07) is 7.81. The zero-order valence-corrected chi connectivity index (χ0v) is 9.09. The van der Waals surface area contributed by atoms with Gasteiger partial charge in [-0.05, 0) is 17.7 Å². The molecule has 0 saturated heterocycles. The fourth-order valence-electron chi connectivity index (χ4n) is 1.82. The van der Waals surface area contributed by atoms with Gasteiger partial charge in [0, 0.05) is 12.1 Å². The standard InChI is InChI=1S/C12H11N5/c13-6-8-2-1-3-10-11(8)17-12(16-10)9-4-5-14-15-7-9/h1-5,7H,6,13H2,(H,16,17). The molecule has 5 heteroatoms. The first kappa shape index (κ1) is 9.92. The maximum atomic E-state index is 5.69. The second-order valence-corrected chi connectivity index (χ2v) is 3.73. The van der Waals surface area contributed by atoms with E-state index in [-0.39, 0.29) is 0 Å². The maximum Gasteiger partial charge on any atom is 0.140 e. The van der Waals surface area contributed by atoms with Crippen molar-refractivity contribution in [2.75, 3.05) is 0 Å². The molecule has 2 heterocycles. The SMILES string of the molecule is NCc1cccc2[nH]c(-c3ccnnc3)nc12. The predicted octanol–water partition coefficient (Wildman–Crippen LogP) is 1.48. The zero-order valence-electron chi connectivity index (χ0n) is 9.09. The summed E-state index contributed by atoms with van der Waals surface area (Å²) in [4.78, 5) is 7.80. The minimum absolute atomic E-state index is 0.482. The van der Waals surface area contributed by atoms with Crippen molar-refractivity contribution in [2.24, 2.45) is 5.73 Å². The van der Waals surface area contributed by atoms with Crippen LogP contribution in [-0.4, -0.2) is 20.2 Å². The Morgan fingerprint density at radius 3 is 2.88 bits per heavy atom. The maximum absolute atomic E-state index is 5.69. The lowest BCUT2D eigenvalue weighted by molar-refractivity contribution is 1.03. The Morgan fingerprint density at radius 1 is 1.18 bits per heavy atom. The number of aromatic nitrogens is 4. The Balaban J connectivity index is 2.20. The molecule has 0 spiro atoms. The van der Waals surface area contributed by atoms with Crippen LogP contribution in [0.5, 0.6) is 0 Å². The first-order chi connectivity index (χ1) is 8.38. The molecule has 5 nitrogen and oxygen atoms in total. The Kier molecular flexibility index (Phi) is 2.31. The number of nitrogens with two attached hydrogens (primary N) is 1. The molecule has 3 N–H and O–H groups in total. The third-order valence-corrected chi connectivity index (χ3v) is 2.67. The highest BCUT2D eigenvalue weighted by atomic mass is 15.1. The van der Waals surface area contributed by atoms with Crippen molar-refractivity contribution in [1.29, 1.82) is 0 Å². The molecular weight excluding hydrogens is 214 g/mol. The number of nitrogens with zero attached hydrogens (tertiary/aromatic N) is 3. The summed E-state index contributed by atoms with van der Waals surface area (Å²) in [6.45, 7) is 0.482. The molecule has 2 aromatic heterocycles. The fraction of sp³-hybridized carbons (Fsp3) is 0.0833. The molecule has 3 aromatic rings. The molecule has 0 amide bonds. The number of fused-ring (bicyclic) bond motifs is 1. The summed E-state index contributed by atoms with van der Waals surface area (Å²) in [5.74, 6) is 0.788. The monoisotopic (exact) mass is 225 g/mol. The molecule has 0 atom stereocenters. The normalized spacial score (nSPS) is 10.9. The highest BCUT2D eigenvalue weighted by Gasteiger charge is 2.07. The van der Waals surface area contributed by atoms with Gasteiger partial charge >= 0.3 is 0 Å². The summed E-state index contributed by atoms with van der Waals surface area (Å²) in [6.07, 6.45) is 3.33. The quantitative estimate of drug-likeness (QED) is 0.692. The predicted molar refractivity (Wildman–Crippen MR) is 65.0 cm³/mol. The first-order valence-electron chi connectivity index (χ1n) is 5.33. The van der Waals surface area contributed by atoms with Gasteiger partial charge in [-0.15, -0.1) is 0 Å². The average Bonchev–Trinajstić information content (AvgIpc) is 2.83. The Bertz CT molecular complexity index is 644. The van der Waals surface area contributed by atoms with Crippen LogP contribution in [0.3, 0.4) is 0 Å². The van der Waals surface area contributed by atoms with E-state index in [1.807, 2.05) is 24.3 Å². The smallest absolute Gasteiger partial charge is 0.140 e. The van der Waals surface area contributed by atoms with Crippen LogP contribution in [0.15, 0.2) is 36.7 Å². The van der Waals surface area contributed by atoms with Gasteiger partial charge in [0.05, 0.1) is 23.4 Å². The zero-order chi connectivity index (χ0) is 11.7. The van der Waals surface area contributed by atoms with Crippen LogP contribution in [0.2, 0.25) is 0 Å². The van der Waals surface area contributed by atoms with E-state index in [9.17, 15) is 0 Å². The largest absolute Gasteiger partial charge is 0.338 e. The topological polar surface area (TPSA) is 80.5 Å². The molecule has 0 radical (unpaired) electrons. The second-order valence-electron chi connectivity index (χ2n) is 3.73. The van der Waals surface area contributed by atoms with E-state index in [0.29, 0.717) is 6.54 Å². The highest BCUT2D eigenvalue weighted by Crippen LogP contribution is 2.21. The Hall–Kier alpha value is -2.27. The van der Waals surface area contributed by atoms with E-state index in [2.05, 4.69) is 20.2 Å². The van der Waals surface area contributed by atoms with E-state index in [4.69, 9.17) is 5.73 Å². The minimum atomic E-state index is 0.482. The van der Waals surface area contributed by atoms with Crippen molar-refractivity contribution < 1.29 is 0 Å². The van der Waals surface area contributed by atoms with Crippen LogP contribution >= 0.6 is 0 Å². The van der Waals surface area contributed by atoms with Crippen LogP contribution < -0.4 is 5.73 Å². The molecule has 0 aliphatic rings. The lowest BCUT2D eigenvalue weighted by Gasteiger charge is -1.95. The lowest BCUT2D eigenvalue weighted by atomic mass is 10.2. The lowest BCUT2D eigenvalue weighted by Crippen LogP contribution is -1.96. The number of H-pyrrole nitrogens is 1. The van der Waals surface area contributed by atoms with Crippen LogP contribution in [0, 0.1) is 0 Å². The number of rotatable bonds is 2. The van der Waals surface area contributed by atoms with Crippen molar-refractivity contribution in [3.8, 4) is 11.4 Å². The number of hydrogen-bond acceptors (Lipinski definition) is 4. The Morgan fingerprint density at radius 2 is 2.12 bits per heavy atom. The number of imidazole rings is 1. The van der Waals surface area contributed by atoms with Gasteiger partial charge in [-0.2, -0.15) is 10.2 Å². The van der Waals surface area contributed by atoms with Crippen molar-refractivity contribution in [1.82, 2.24) is 20.2 Å². The third kappa shape index (κ3) is 1.66. The third-order valence-electron chi connectivity index (χ3n) is 2.67. The van der Waals surface area contributed by atoms with Gasteiger partial charge < -0.3 is 10.7 Å². The van der Waals surface area contributed by atoms with Crippen LogP contribution in [0.1, 0.15) is 5.56 Å². The van der Waals surface area contributed by atoms with E-state index >= 15 is 0 Å². The molecule has 84 valence electrons. The number of nitrogens with one attached hydrogen (secondary N) is 1. The van der Waals surface area contributed by atoms with Gasteiger partial charge in [0.2, 0.25) is 0 Å². The van der Waals surface area contributed by atoms with Crippen molar-refractivity contribution in [3.05, 3.63) is 42.2 Å². The van der Waals surface area contributed by atoms with Crippen LogP contribution in [0.4, 0.5) is 0 Å². The van der Waals surface area contributed by atoms with Gasteiger partial charge in [-0.3, -0.25) is 0 Å². The molecule has 0 bridgehead atoms. The Labute approximate surface area is 97.7 Å². The van der Waals surface area contributed by atoms with Gasteiger partial charge in [0.1, 0.15) is 5.82 Å². The van der Waals surface area contributed by atoms with Crippen molar-refractivity contribution >= 4 is 11.0 Å². The van der Waals surface area contributed by atoms with Crippen LogP contribution in [0.25, 0.3) is 22.4 Å². The van der Waals surface area contributed by atoms with Crippen molar-refractivity contribution in [2.45, 2.75) is 6.54 Å². The number of aromatic amines is 1. The molecule has 0 saturated carbocycles. The molecule has 0 aliphatic carbocycles. The van der Waals surface area contributed by atoms with Gasteiger partial charge in [0.15, 0.2) is 0 Å². The summed E-state index contributed by atoms with van der Waals surface area (Å²) in [7, 11) is 0. The van der Waals surface area contributed by atoms with Gasteiger partial charge in [-0.25, -0.2) is 4.98 Å². The molecule has 1 aromatic carbocycles. The van der Waals surface area contributed by atoms with Crippen LogP contribution in [-0.2, 0) is 6.54 Å². The summed E-state index contributed by atoms with van der Waals surface area (Å²) < 4.78 is 0. The van der Waals surface area contributed by atoms with E-state index in [0.717, 1.165) is 28.0 Å². The van der Waals surface area contributed by atoms with Crippen molar-refractivity contribution in [3.63, 3.8) is 0 Å². The number of benzene rings is 1. The fourth-order valence-corrected chi connectivity index (χ4v) is 1.82. The van der Waals surface area contributed by atoms with E-state index in [1.165, 1.54) is 0 Å². The molecule has 0 aliphatic heterocycles. The van der Waals surface area contributed by atoms with E-state index in [1.54, 1.807) is 12.4 Å². The van der Waals surface area contributed by atoms with E-state index < -0.39 is 0 Å². The molecular formula is C12H11N5. The van der Waals surface area contributed by atoms with Gasteiger partial charge in [0.25, 0.3) is 0 Å². The summed E-state index contributed by atoms with van der Waals surface area (Å²) >= 11 is 0. The molecule has 17 heavy (non-hydrogen) atoms. The summed E-state index contributed by atoms with van der Waals surface area (Å²) in [5, 5.41) is 7.59. The average molecular weight is 225 g/mol.